The van der Waals surface area contributed by atoms with Crippen LogP contribution in [0, 0.1) is 12.8 Å². The van der Waals surface area contributed by atoms with Crippen LogP contribution >= 0.6 is 15.9 Å². The van der Waals surface area contributed by atoms with Crippen molar-refractivity contribution in [1.82, 2.24) is 4.72 Å². The Balaban J connectivity index is 1.87. The van der Waals surface area contributed by atoms with Crippen LogP contribution in [0.5, 0.6) is 0 Å². The highest BCUT2D eigenvalue weighted by atomic mass is 79.9. The Kier molecular flexibility index (Phi) is 4.39. The van der Waals surface area contributed by atoms with E-state index >= 15 is 0 Å². The van der Waals surface area contributed by atoms with Gasteiger partial charge >= 0.3 is 0 Å². The smallest absolute Gasteiger partial charge is 0.207 e. The summed E-state index contributed by atoms with van der Waals surface area (Å²) in [5.41, 5.74) is 2.06. The molecule has 0 heterocycles. The molecule has 5 heteroatoms. The number of nitrogens with one attached hydrogen (secondary N) is 1. The molecule has 0 saturated heterocycles. The van der Waals surface area contributed by atoms with E-state index in [1.54, 1.807) is 12.1 Å². The molecule has 0 amide bonds. The molecule has 0 radical (unpaired) electrons. The summed E-state index contributed by atoms with van der Waals surface area (Å²) >= 11 is 3.41. The second-order valence-electron chi connectivity index (χ2n) is 5.80. The maximum absolute atomic E-state index is 12.6. The Labute approximate surface area is 139 Å². The fraction of sp³-hybridized carbons (Fsp3) is 0.294. The molecule has 22 heavy (non-hydrogen) atoms. The highest BCUT2D eigenvalue weighted by Gasteiger charge is 2.35. The molecule has 2 aromatic carbocycles. The van der Waals surface area contributed by atoms with Crippen molar-refractivity contribution in [2.24, 2.45) is 5.92 Å². The summed E-state index contributed by atoms with van der Waals surface area (Å²) in [6.45, 7) is 1.94. The van der Waals surface area contributed by atoms with Crippen molar-refractivity contribution < 1.29 is 8.42 Å². The number of hydrogen-bond acceptors (Lipinski definition) is 2. The second kappa shape index (κ2) is 6.14. The van der Waals surface area contributed by atoms with Crippen LogP contribution in [-0.4, -0.2) is 8.42 Å². The van der Waals surface area contributed by atoms with Gasteiger partial charge in [0.15, 0.2) is 0 Å². The number of benzene rings is 2. The lowest BCUT2D eigenvalue weighted by molar-refractivity contribution is 0.529. The predicted molar refractivity (Wildman–Crippen MR) is 91.1 cm³/mol. The Hall–Kier alpha value is -1.17. The van der Waals surface area contributed by atoms with E-state index in [1.807, 2.05) is 43.3 Å². The maximum atomic E-state index is 12.6. The van der Waals surface area contributed by atoms with Gasteiger partial charge in [0.05, 0.1) is 4.90 Å². The fourth-order valence-electron chi connectivity index (χ4n) is 2.49. The van der Waals surface area contributed by atoms with Gasteiger partial charge in [-0.25, -0.2) is 13.1 Å². The van der Waals surface area contributed by atoms with Crippen LogP contribution in [0.1, 0.15) is 30.0 Å². The number of hydrogen-bond donors (Lipinski definition) is 1. The van der Waals surface area contributed by atoms with E-state index in [9.17, 15) is 8.42 Å². The highest BCUT2D eigenvalue weighted by Crippen LogP contribution is 2.42. The van der Waals surface area contributed by atoms with Gasteiger partial charge in [-0.1, -0.05) is 45.8 Å². The monoisotopic (exact) mass is 379 g/mol. The van der Waals surface area contributed by atoms with Gasteiger partial charge < -0.3 is 0 Å². The average molecular weight is 380 g/mol. The molecule has 3 rings (SSSR count). The molecule has 3 nitrogen and oxygen atoms in total. The zero-order chi connectivity index (χ0) is 15.7. The van der Waals surface area contributed by atoms with E-state index in [0.29, 0.717) is 10.8 Å². The third-order valence-corrected chi connectivity index (χ3v) is 5.92. The quantitative estimate of drug-likeness (QED) is 0.846. The normalized spacial score (nSPS) is 16.5. The van der Waals surface area contributed by atoms with E-state index < -0.39 is 10.0 Å². The van der Waals surface area contributed by atoms with E-state index in [-0.39, 0.29) is 6.04 Å². The van der Waals surface area contributed by atoms with Gasteiger partial charge in [0.1, 0.15) is 0 Å². The molecule has 0 unspecified atom stereocenters. The van der Waals surface area contributed by atoms with Gasteiger partial charge in [0.2, 0.25) is 10.0 Å². The van der Waals surface area contributed by atoms with Gasteiger partial charge in [0, 0.05) is 10.5 Å². The van der Waals surface area contributed by atoms with Crippen molar-refractivity contribution in [2.45, 2.75) is 30.7 Å². The minimum absolute atomic E-state index is 0.153. The number of rotatable bonds is 5. The van der Waals surface area contributed by atoms with Gasteiger partial charge in [-0.05, 0) is 55.5 Å². The minimum atomic E-state index is -3.50. The van der Waals surface area contributed by atoms with Crippen molar-refractivity contribution in [3.63, 3.8) is 0 Å². The summed E-state index contributed by atoms with van der Waals surface area (Å²) in [7, 11) is -3.50. The fourth-order valence-corrected chi connectivity index (χ4v) is 4.05. The first-order chi connectivity index (χ1) is 10.5. The first-order valence-corrected chi connectivity index (χ1v) is 9.58. The van der Waals surface area contributed by atoms with E-state index in [0.717, 1.165) is 28.4 Å². The predicted octanol–water partition coefficient (Wildman–Crippen LogP) is 4.19. The topological polar surface area (TPSA) is 46.2 Å². The average Bonchev–Trinajstić information content (AvgIpc) is 3.31. The molecule has 0 spiro atoms. The molecule has 1 atom stereocenters. The number of halogens is 1. The summed E-state index contributed by atoms with van der Waals surface area (Å²) in [5, 5.41) is 0. The van der Waals surface area contributed by atoms with Crippen LogP contribution in [0.25, 0.3) is 0 Å². The zero-order valence-corrected chi connectivity index (χ0v) is 14.7. The van der Waals surface area contributed by atoms with Gasteiger partial charge in [-0.2, -0.15) is 0 Å². The van der Waals surface area contributed by atoms with Gasteiger partial charge in [-0.15, -0.1) is 0 Å². The molecule has 1 saturated carbocycles. The van der Waals surface area contributed by atoms with Crippen LogP contribution in [-0.2, 0) is 10.0 Å². The molecule has 0 bridgehead atoms. The lowest BCUT2D eigenvalue weighted by atomic mass is 10.0. The lowest BCUT2D eigenvalue weighted by Gasteiger charge is -2.19. The summed E-state index contributed by atoms with van der Waals surface area (Å²) < 4.78 is 29.1. The van der Waals surface area contributed by atoms with E-state index in [1.165, 1.54) is 0 Å². The third-order valence-electron chi connectivity index (χ3n) is 3.94. The lowest BCUT2D eigenvalue weighted by Crippen LogP contribution is -2.30. The summed E-state index contributed by atoms with van der Waals surface area (Å²) in [6.07, 6.45) is 2.13. The SMILES string of the molecule is Cc1ccc(S(=O)(=O)N[C@H](c2ccc(Br)cc2)C2CC2)cc1. The molecular formula is C17H18BrNO2S. The van der Waals surface area contributed by atoms with E-state index in [4.69, 9.17) is 0 Å². The number of aryl methyl sites for hydroxylation is 1. The minimum Gasteiger partial charge on any atom is -0.207 e. The third kappa shape index (κ3) is 3.59. The molecule has 2 aromatic rings. The molecule has 116 valence electrons. The number of sulfonamides is 1. The Morgan fingerprint density at radius 2 is 1.64 bits per heavy atom. The Morgan fingerprint density at radius 3 is 2.18 bits per heavy atom. The summed E-state index contributed by atoms with van der Waals surface area (Å²) in [4.78, 5) is 0.320. The summed E-state index contributed by atoms with van der Waals surface area (Å²) in [5.74, 6) is 0.390. The molecule has 0 aromatic heterocycles. The molecule has 0 aliphatic heterocycles. The maximum Gasteiger partial charge on any atom is 0.241 e. The van der Waals surface area contributed by atoms with Crippen LogP contribution in [0.2, 0.25) is 0 Å². The van der Waals surface area contributed by atoms with Crippen LogP contribution in [0.4, 0.5) is 0 Å². The van der Waals surface area contributed by atoms with Crippen LogP contribution in [0.3, 0.4) is 0 Å². The Morgan fingerprint density at radius 1 is 1.05 bits per heavy atom. The first kappa shape index (κ1) is 15.7. The van der Waals surface area contributed by atoms with Crippen molar-refractivity contribution >= 4 is 26.0 Å². The zero-order valence-electron chi connectivity index (χ0n) is 12.3. The molecular weight excluding hydrogens is 362 g/mol. The molecule has 1 aliphatic rings. The largest absolute Gasteiger partial charge is 0.241 e. The van der Waals surface area contributed by atoms with Gasteiger partial charge in [0.25, 0.3) is 0 Å². The standard InChI is InChI=1S/C17H18BrNO2S/c1-12-2-10-16(11-3-12)22(20,21)19-17(13-4-5-13)14-6-8-15(18)9-7-14/h2-3,6-11,13,17,19H,4-5H2,1H3/t17-/m0/s1. The van der Waals surface area contributed by atoms with E-state index in [2.05, 4.69) is 20.7 Å². The summed E-state index contributed by atoms with van der Waals surface area (Å²) in [6, 6.07) is 14.7. The van der Waals surface area contributed by atoms with Gasteiger partial charge in [-0.3, -0.25) is 0 Å². The second-order valence-corrected chi connectivity index (χ2v) is 8.43. The molecule has 1 N–H and O–H groups in total. The Bertz CT molecular complexity index is 750. The highest BCUT2D eigenvalue weighted by molar-refractivity contribution is 9.10. The van der Waals surface area contributed by atoms with Crippen molar-refractivity contribution in [1.29, 1.82) is 0 Å². The van der Waals surface area contributed by atoms with Crippen molar-refractivity contribution in [2.75, 3.05) is 0 Å². The molecule has 1 fully saturated rings. The van der Waals surface area contributed by atoms with Crippen molar-refractivity contribution in [3.05, 3.63) is 64.1 Å². The van der Waals surface area contributed by atoms with Crippen LogP contribution < -0.4 is 4.72 Å². The van der Waals surface area contributed by atoms with Crippen molar-refractivity contribution in [3.8, 4) is 0 Å². The van der Waals surface area contributed by atoms with Crippen LogP contribution in [0.15, 0.2) is 57.9 Å². The molecule has 1 aliphatic carbocycles. The first-order valence-electron chi connectivity index (χ1n) is 7.30.